The fourth-order valence-electron chi connectivity index (χ4n) is 2.09. The van der Waals surface area contributed by atoms with Crippen LogP contribution < -0.4 is 14.5 Å². The number of nitrogens with zero attached hydrogens (tertiary/aromatic N) is 2. The van der Waals surface area contributed by atoms with Crippen LogP contribution >= 0.6 is 0 Å². The van der Waals surface area contributed by atoms with E-state index in [1.165, 1.54) is 12.0 Å². The number of likely N-dealkylation sites (N-methyl/N-ethyl adjacent to an activating group) is 1. The van der Waals surface area contributed by atoms with Crippen molar-refractivity contribution in [3.63, 3.8) is 0 Å². The fraction of sp³-hybridized carbons (Fsp3) is 0.278. The highest BCUT2D eigenvalue weighted by molar-refractivity contribution is 5.95. The predicted molar refractivity (Wildman–Crippen MR) is 92.0 cm³/mol. The third-order valence-electron chi connectivity index (χ3n) is 3.47. The van der Waals surface area contributed by atoms with Gasteiger partial charge in [-0.1, -0.05) is 24.3 Å². The highest BCUT2D eigenvalue weighted by Crippen LogP contribution is 2.21. The van der Waals surface area contributed by atoms with Crippen molar-refractivity contribution in [1.82, 2.24) is 0 Å². The Kier molecular flexibility index (Phi) is 5.60. The molecule has 2 aromatic rings. The van der Waals surface area contributed by atoms with E-state index in [2.05, 4.69) is 0 Å². The maximum Gasteiger partial charge on any atom is 0.296 e. The van der Waals surface area contributed by atoms with Gasteiger partial charge in [-0.3, -0.25) is 4.79 Å². The van der Waals surface area contributed by atoms with Crippen LogP contribution in [-0.4, -0.2) is 40.5 Å². The van der Waals surface area contributed by atoms with Crippen molar-refractivity contribution in [3.05, 3.63) is 54.6 Å². The highest BCUT2D eigenvalue weighted by Gasteiger charge is 2.24. The largest absolute Gasteiger partial charge is 0.455 e. The monoisotopic (exact) mass is 314 g/mol. The van der Waals surface area contributed by atoms with Crippen LogP contribution in [0.2, 0.25) is 0 Å². The van der Waals surface area contributed by atoms with E-state index in [0.717, 1.165) is 11.4 Å². The van der Waals surface area contributed by atoms with Gasteiger partial charge in [-0.05, 0) is 24.3 Å². The van der Waals surface area contributed by atoms with E-state index in [-0.39, 0.29) is 5.91 Å². The van der Waals surface area contributed by atoms with Crippen molar-refractivity contribution in [1.29, 1.82) is 0 Å². The van der Waals surface area contributed by atoms with Crippen LogP contribution in [0.15, 0.2) is 54.6 Å². The van der Waals surface area contributed by atoms with Gasteiger partial charge in [-0.2, -0.15) is 0 Å². The number of rotatable bonds is 6. The van der Waals surface area contributed by atoms with Crippen LogP contribution in [0.3, 0.4) is 0 Å². The zero-order chi connectivity index (χ0) is 16.8. The third-order valence-corrected chi connectivity index (χ3v) is 3.47. The van der Waals surface area contributed by atoms with E-state index in [1.807, 2.05) is 67.5 Å². The Labute approximate surface area is 137 Å². The molecule has 0 radical (unpaired) electrons. The number of hydrogen-bond donors (Lipinski definition) is 0. The van der Waals surface area contributed by atoms with Gasteiger partial charge in [-0.25, -0.2) is 0 Å². The van der Waals surface area contributed by atoms with Gasteiger partial charge in [0.2, 0.25) is 0 Å². The van der Waals surface area contributed by atoms with E-state index in [4.69, 9.17) is 9.47 Å². The Morgan fingerprint density at radius 2 is 1.61 bits per heavy atom. The second-order valence-electron chi connectivity index (χ2n) is 5.31. The molecule has 2 rings (SSSR count). The summed E-state index contributed by atoms with van der Waals surface area (Å²) in [6.07, 6.45) is -1.00. The molecule has 0 aliphatic carbocycles. The van der Waals surface area contributed by atoms with Crippen molar-refractivity contribution in [2.75, 3.05) is 38.1 Å². The number of para-hydroxylation sites is 1. The molecule has 0 saturated carbocycles. The molecule has 0 fully saturated rings. The van der Waals surface area contributed by atoms with E-state index < -0.39 is 6.29 Å². The number of benzene rings is 2. The van der Waals surface area contributed by atoms with Crippen LogP contribution in [0.4, 0.5) is 11.4 Å². The molecule has 5 heteroatoms. The first-order chi connectivity index (χ1) is 11.0. The van der Waals surface area contributed by atoms with Gasteiger partial charge in [0.05, 0.1) is 0 Å². The molecule has 23 heavy (non-hydrogen) atoms. The molecule has 0 saturated heterocycles. The lowest BCUT2D eigenvalue weighted by atomic mass is 10.3. The van der Waals surface area contributed by atoms with Crippen LogP contribution in [0, 0.1) is 0 Å². The van der Waals surface area contributed by atoms with Crippen LogP contribution in [0.1, 0.15) is 0 Å². The van der Waals surface area contributed by atoms with Gasteiger partial charge in [0, 0.05) is 45.7 Å². The summed E-state index contributed by atoms with van der Waals surface area (Å²) in [5.74, 6) is 0.312. The summed E-state index contributed by atoms with van der Waals surface area (Å²) in [6, 6.07) is 16.9. The van der Waals surface area contributed by atoms with Crippen molar-refractivity contribution in [2.24, 2.45) is 0 Å². The highest BCUT2D eigenvalue weighted by atomic mass is 16.7. The van der Waals surface area contributed by atoms with Crippen LogP contribution in [0.25, 0.3) is 0 Å². The normalized spacial score (nSPS) is 11.7. The SMILES string of the molecule is COC(Oc1cccc(N(C)C)c1)C(=O)N(C)c1ccccc1. The molecule has 0 aliphatic rings. The first-order valence-electron chi connectivity index (χ1n) is 7.32. The Balaban J connectivity index is 2.13. The molecule has 0 spiro atoms. The zero-order valence-corrected chi connectivity index (χ0v) is 13.9. The molecule has 1 amide bonds. The van der Waals surface area contributed by atoms with Gasteiger partial charge >= 0.3 is 0 Å². The summed E-state index contributed by atoms with van der Waals surface area (Å²) in [5, 5.41) is 0. The number of carbonyl (C=O) groups excluding carboxylic acids is 1. The smallest absolute Gasteiger partial charge is 0.296 e. The maximum atomic E-state index is 12.6. The van der Waals surface area contributed by atoms with Crippen LogP contribution in [-0.2, 0) is 9.53 Å². The van der Waals surface area contributed by atoms with Gasteiger partial charge in [0.15, 0.2) is 0 Å². The lowest BCUT2D eigenvalue weighted by molar-refractivity contribution is -0.144. The molecular formula is C18H22N2O3. The minimum Gasteiger partial charge on any atom is -0.455 e. The van der Waals surface area contributed by atoms with E-state index in [0.29, 0.717) is 5.75 Å². The summed E-state index contributed by atoms with van der Waals surface area (Å²) in [4.78, 5) is 16.0. The summed E-state index contributed by atoms with van der Waals surface area (Å²) in [6.45, 7) is 0. The van der Waals surface area contributed by atoms with Crippen LogP contribution in [0.5, 0.6) is 5.75 Å². The molecule has 1 atom stereocenters. The molecule has 0 heterocycles. The van der Waals surface area contributed by atoms with Crippen molar-refractivity contribution in [2.45, 2.75) is 6.29 Å². The number of ether oxygens (including phenoxy) is 2. The third kappa shape index (κ3) is 4.23. The van der Waals surface area contributed by atoms with Gasteiger partial charge in [-0.15, -0.1) is 0 Å². The minimum atomic E-state index is -1.00. The number of hydrogen-bond acceptors (Lipinski definition) is 4. The Bertz CT molecular complexity index is 644. The average Bonchev–Trinajstić information content (AvgIpc) is 2.59. The molecule has 1 unspecified atom stereocenters. The number of anilines is 2. The Morgan fingerprint density at radius 1 is 0.957 bits per heavy atom. The summed E-state index contributed by atoms with van der Waals surface area (Å²) < 4.78 is 11.0. The first kappa shape index (κ1) is 16.8. The number of amides is 1. The second kappa shape index (κ2) is 7.65. The summed E-state index contributed by atoms with van der Waals surface area (Å²) in [7, 11) is 7.04. The summed E-state index contributed by atoms with van der Waals surface area (Å²) >= 11 is 0. The van der Waals surface area contributed by atoms with E-state index >= 15 is 0 Å². The van der Waals surface area contributed by atoms with E-state index in [1.54, 1.807) is 13.1 Å². The molecule has 0 N–H and O–H groups in total. The number of carbonyl (C=O) groups is 1. The quantitative estimate of drug-likeness (QED) is 0.769. The van der Waals surface area contributed by atoms with Gasteiger partial charge in [0.25, 0.3) is 12.2 Å². The lowest BCUT2D eigenvalue weighted by Crippen LogP contribution is -2.41. The number of methoxy groups -OCH3 is 1. The fourth-order valence-corrected chi connectivity index (χ4v) is 2.09. The lowest BCUT2D eigenvalue weighted by Gasteiger charge is -2.24. The van der Waals surface area contributed by atoms with Crippen molar-refractivity contribution >= 4 is 17.3 Å². The molecule has 2 aromatic carbocycles. The minimum absolute atomic E-state index is 0.269. The molecule has 0 bridgehead atoms. The average molecular weight is 314 g/mol. The molecule has 0 aliphatic heterocycles. The topological polar surface area (TPSA) is 42.0 Å². The first-order valence-corrected chi connectivity index (χ1v) is 7.32. The molecular weight excluding hydrogens is 292 g/mol. The van der Waals surface area contributed by atoms with Gasteiger partial charge in [0.1, 0.15) is 5.75 Å². The predicted octanol–water partition coefficient (Wildman–Crippen LogP) is 2.77. The van der Waals surface area contributed by atoms with Crippen molar-refractivity contribution in [3.8, 4) is 5.75 Å². The second-order valence-corrected chi connectivity index (χ2v) is 5.31. The van der Waals surface area contributed by atoms with E-state index in [9.17, 15) is 4.79 Å². The zero-order valence-electron chi connectivity index (χ0n) is 13.9. The standard InChI is InChI=1S/C18H22N2O3/c1-19(2)15-11-8-12-16(13-15)23-18(22-4)17(21)20(3)14-9-6-5-7-10-14/h5-13,18H,1-4H3. The molecule has 5 nitrogen and oxygen atoms in total. The molecule has 0 aromatic heterocycles. The maximum absolute atomic E-state index is 12.6. The Morgan fingerprint density at radius 3 is 2.22 bits per heavy atom. The van der Waals surface area contributed by atoms with Crippen molar-refractivity contribution < 1.29 is 14.3 Å². The van der Waals surface area contributed by atoms with Gasteiger partial charge < -0.3 is 19.3 Å². The molecule has 122 valence electrons. The Hall–Kier alpha value is -2.53. The summed E-state index contributed by atoms with van der Waals surface area (Å²) in [5.41, 5.74) is 1.77.